The van der Waals surface area contributed by atoms with E-state index in [1.807, 2.05) is 20.8 Å². The Kier molecular flexibility index (Phi) is 4.80. The molecule has 17 heavy (non-hydrogen) atoms. The van der Waals surface area contributed by atoms with Gasteiger partial charge in [-0.15, -0.1) is 0 Å². The Hall–Kier alpha value is -0.770. The fourth-order valence-corrected chi connectivity index (χ4v) is 2.04. The highest BCUT2D eigenvalue weighted by Gasteiger charge is 2.25. The molecule has 1 rings (SSSR count). The average Bonchev–Trinajstić information content (AvgIpc) is 2.60. The van der Waals surface area contributed by atoms with E-state index in [1.165, 1.54) is 0 Å². The zero-order valence-electron chi connectivity index (χ0n) is 11.7. The molecule has 1 fully saturated rings. The predicted octanol–water partition coefficient (Wildman–Crippen LogP) is 2.24. The summed E-state index contributed by atoms with van der Waals surface area (Å²) in [6.45, 7) is 13.0. The topological polar surface area (TPSA) is 41.6 Å². The smallest absolute Gasteiger partial charge is 0.407 e. The third kappa shape index (κ3) is 5.39. The Morgan fingerprint density at radius 1 is 1.47 bits per heavy atom. The van der Waals surface area contributed by atoms with E-state index in [9.17, 15) is 4.79 Å². The van der Waals surface area contributed by atoms with Crippen molar-refractivity contribution in [2.24, 2.45) is 5.92 Å². The van der Waals surface area contributed by atoms with Gasteiger partial charge in [-0.3, -0.25) is 0 Å². The molecule has 0 radical (unpaired) electrons. The molecule has 4 nitrogen and oxygen atoms in total. The van der Waals surface area contributed by atoms with Crippen molar-refractivity contribution in [2.75, 3.05) is 19.6 Å². The van der Waals surface area contributed by atoms with Crippen LogP contribution in [-0.4, -0.2) is 42.3 Å². The van der Waals surface area contributed by atoms with Crippen LogP contribution >= 0.6 is 0 Å². The monoisotopic (exact) mass is 242 g/mol. The van der Waals surface area contributed by atoms with E-state index >= 15 is 0 Å². The molecule has 1 aliphatic rings. The maximum absolute atomic E-state index is 11.5. The summed E-state index contributed by atoms with van der Waals surface area (Å²) < 4.78 is 5.21. The number of carbonyl (C=O) groups excluding carboxylic acids is 1. The van der Waals surface area contributed by atoms with Gasteiger partial charge in [0.15, 0.2) is 0 Å². The van der Waals surface area contributed by atoms with Crippen LogP contribution in [0.15, 0.2) is 0 Å². The molecule has 0 aromatic rings. The Morgan fingerprint density at radius 3 is 2.59 bits per heavy atom. The van der Waals surface area contributed by atoms with E-state index in [0.29, 0.717) is 12.0 Å². The van der Waals surface area contributed by atoms with Crippen molar-refractivity contribution in [1.82, 2.24) is 10.2 Å². The molecular weight excluding hydrogens is 216 g/mol. The maximum atomic E-state index is 11.5. The standard InChI is InChI=1S/C13H26N2O2/c1-10(2)15-7-6-11(9-15)8-14-12(16)17-13(3,4)5/h10-11H,6-9H2,1-5H3,(H,14,16). The number of alkyl carbamates (subject to hydrolysis) is 1. The van der Waals surface area contributed by atoms with Gasteiger partial charge in [-0.05, 0) is 53.5 Å². The van der Waals surface area contributed by atoms with Crippen molar-refractivity contribution in [1.29, 1.82) is 0 Å². The van der Waals surface area contributed by atoms with Gasteiger partial charge in [0.1, 0.15) is 5.60 Å². The lowest BCUT2D eigenvalue weighted by atomic mass is 10.1. The first kappa shape index (κ1) is 14.3. The minimum Gasteiger partial charge on any atom is -0.444 e. The summed E-state index contributed by atoms with van der Waals surface area (Å²) in [5, 5.41) is 2.85. The van der Waals surface area contributed by atoms with Crippen LogP contribution in [0.5, 0.6) is 0 Å². The molecule has 100 valence electrons. The summed E-state index contributed by atoms with van der Waals surface area (Å²) in [7, 11) is 0. The molecule has 1 aliphatic heterocycles. The Balaban J connectivity index is 2.22. The van der Waals surface area contributed by atoms with Crippen LogP contribution in [0.2, 0.25) is 0 Å². The summed E-state index contributed by atoms with van der Waals surface area (Å²) >= 11 is 0. The molecular formula is C13H26N2O2. The van der Waals surface area contributed by atoms with Gasteiger partial charge >= 0.3 is 6.09 Å². The molecule has 0 aromatic heterocycles. The number of rotatable bonds is 3. The van der Waals surface area contributed by atoms with E-state index in [2.05, 4.69) is 24.1 Å². The van der Waals surface area contributed by atoms with Crippen LogP contribution in [0, 0.1) is 5.92 Å². The average molecular weight is 242 g/mol. The highest BCUT2D eigenvalue weighted by atomic mass is 16.6. The Morgan fingerprint density at radius 2 is 2.12 bits per heavy atom. The lowest BCUT2D eigenvalue weighted by molar-refractivity contribution is 0.0519. The second-order valence-electron chi connectivity index (χ2n) is 6.13. The molecule has 0 bridgehead atoms. The van der Waals surface area contributed by atoms with Gasteiger partial charge in [-0.25, -0.2) is 4.79 Å². The van der Waals surface area contributed by atoms with E-state index in [1.54, 1.807) is 0 Å². The summed E-state index contributed by atoms with van der Waals surface area (Å²) in [6, 6.07) is 0.599. The molecule has 0 aliphatic carbocycles. The molecule has 0 aromatic carbocycles. The van der Waals surface area contributed by atoms with Crippen molar-refractivity contribution in [2.45, 2.75) is 52.7 Å². The van der Waals surface area contributed by atoms with Crippen molar-refractivity contribution in [3.05, 3.63) is 0 Å². The SMILES string of the molecule is CC(C)N1CCC(CNC(=O)OC(C)(C)C)C1. The summed E-state index contributed by atoms with van der Waals surface area (Å²) in [5.74, 6) is 0.560. The van der Waals surface area contributed by atoms with Crippen LogP contribution in [0.1, 0.15) is 41.0 Å². The van der Waals surface area contributed by atoms with E-state index < -0.39 is 5.60 Å². The molecule has 1 heterocycles. The minimum absolute atomic E-state index is 0.305. The fourth-order valence-electron chi connectivity index (χ4n) is 2.04. The number of ether oxygens (including phenoxy) is 1. The predicted molar refractivity (Wildman–Crippen MR) is 69.1 cm³/mol. The van der Waals surface area contributed by atoms with E-state index in [0.717, 1.165) is 26.1 Å². The Labute approximate surface area is 105 Å². The molecule has 1 atom stereocenters. The van der Waals surface area contributed by atoms with Gasteiger partial charge in [0.05, 0.1) is 0 Å². The third-order valence-corrected chi connectivity index (χ3v) is 2.98. The summed E-state index contributed by atoms with van der Waals surface area (Å²) in [4.78, 5) is 13.9. The summed E-state index contributed by atoms with van der Waals surface area (Å²) in [6.07, 6.45) is 0.856. The summed E-state index contributed by atoms with van der Waals surface area (Å²) in [5.41, 5.74) is -0.413. The highest BCUT2D eigenvalue weighted by molar-refractivity contribution is 5.67. The fraction of sp³-hybridized carbons (Fsp3) is 0.923. The first-order chi connectivity index (χ1) is 7.78. The molecule has 1 amide bonds. The van der Waals surface area contributed by atoms with Crippen molar-refractivity contribution >= 4 is 6.09 Å². The van der Waals surface area contributed by atoms with Crippen LogP contribution in [-0.2, 0) is 4.74 Å². The number of hydrogen-bond acceptors (Lipinski definition) is 3. The van der Waals surface area contributed by atoms with Gasteiger partial charge in [-0.2, -0.15) is 0 Å². The number of nitrogens with one attached hydrogen (secondary N) is 1. The number of hydrogen-bond donors (Lipinski definition) is 1. The van der Waals surface area contributed by atoms with Crippen LogP contribution < -0.4 is 5.32 Å². The second-order valence-corrected chi connectivity index (χ2v) is 6.13. The highest BCUT2D eigenvalue weighted by Crippen LogP contribution is 2.17. The van der Waals surface area contributed by atoms with Gasteiger partial charge in [0.2, 0.25) is 0 Å². The molecule has 0 saturated carbocycles. The van der Waals surface area contributed by atoms with Gasteiger partial charge < -0.3 is 15.0 Å². The number of nitrogens with zero attached hydrogens (tertiary/aromatic N) is 1. The zero-order valence-corrected chi connectivity index (χ0v) is 11.7. The quantitative estimate of drug-likeness (QED) is 0.825. The molecule has 0 spiro atoms. The first-order valence-electron chi connectivity index (χ1n) is 6.49. The lowest BCUT2D eigenvalue weighted by Gasteiger charge is -2.22. The molecule has 4 heteroatoms. The van der Waals surface area contributed by atoms with E-state index in [4.69, 9.17) is 4.74 Å². The number of likely N-dealkylation sites (tertiary alicyclic amines) is 1. The zero-order chi connectivity index (χ0) is 13.1. The van der Waals surface area contributed by atoms with Crippen molar-refractivity contribution < 1.29 is 9.53 Å². The third-order valence-electron chi connectivity index (χ3n) is 2.98. The normalized spacial score (nSPS) is 21.9. The van der Waals surface area contributed by atoms with Gasteiger partial charge in [0.25, 0.3) is 0 Å². The minimum atomic E-state index is -0.413. The Bertz CT molecular complexity index is 259. The van der Waals surface area contributed by atoms with Gasteiger partial charge in [0, 0.05) is 19.1 Å². The molecule has 1 unspecified atom stereocenters. The maximum Gasteiger partial charge on any atom is 0.407 e. The largest absolute Gasteiger partial charge is 0.444 e. The van der Waals surface area contributed by atoms with E-state index in [-0.39, 0.29) is 6.09 Å². The van der Waals surface area contributed by atoms with Crippen molar-refractivity contribution in [3.8, 4) is 0 Å². The number of carbonyl (C=O) groups is 1. The van der Waals surface area contributed by atoms with Crippen LogP contribution in [0.25, 0.3) is 0 Å². The molecule has 1 N–H and O–H groups in total. The number of amides is 1. The first-order valence-corrected chi connectivity index (χ1v) is 6.49. The van der Waals surface area contributed by atoms with Gasteiger partial charge in [-0.1, -0.05) is 0 Å². The van der Waals surface area contributed by atoms with Crippen molar-refractivity contribution in [3.63, 3.8) is 0 Å². The van der Waals surface area contributed by atoms with Crippen LogP contribution in [0.3, 0.4) is 0 Å². The van der Waals surface area contributed by atoms with Crippen LogP contribution in [0.4, 0.5) is 4.79 Å². The second kappa shape index (κ2) is 5.71. The lowest BCUT2D eigenvalue weighted by Crippen LogP contribution is -2.36. The molecule has 1 saturated heterocycles.